The Hall–Kier alpha value is -1.69. The number of carbonyl (C=O) groups excluding carboxylic acids is 1. The van der Waals surface area contributed by atoms with Crippen molar-refractivity contribution in [3.8, 4) is 0 Å². The molecule has 2 N–H and O–H groups in total. The van der Waals surface area contributed by atoms with Crippen molar-refractivity contribution < 1.29 is 13.9 Å². The topological polar surface area (TPSA) is 63.2 Å². The number of ether oxygens (including phenoxy) is 1. The lowest BCUT2D eigenvalue weighted by Crippen LogP contribution is -2.47. The fraction of sp³-hybridized carbons (Fsp3) is 0.647. The van der Waals surface area contributed by atoms with Crippen LogP contribution in [0.25, 0.3) is 0 Å². The Morgan fingerprint density at radius 3 is 2.48 bits per heavy atom. The molecule has 6 heteroatoms. The average molecular weight is 325 g/mol. The van der Waals surface area contributed by atoms with Crippen molar-refractivity contribution in [1.82, 2.24) is 15.6 Å². The normalized spacial score (nSPS) is 14.4. The fourth-order valence-corrected chi connectivity index (χ4v) is 2.00. The van der Waals surface area contributed by atoms with Gasteiger partial charge in [-0.1, -0.05) is 13.8 Å². The van der Waals surface area contributed by atoms with Gasteiger partial charge in [0.2, 0.25) is 0 Å². The van der Waals surface area contributed by atoms with Crippen LogP contribution in [0.1, 0.15) is 53.1 Å². The van der Waals surface area contributed by atoms with E-state index < -0.39 is 11.7 Å². The largest absolute Gasteiger partial charge is 0.444 e. The van der Waals surface area contributed by atoms with Gasteiger partial charge in [-0.25, -0.2) is 9.18 Å². The third kappa shape index (κ3) is 7.41. The number of rotatable bonds is 6. The minimum atomic E-state index is -0.528. The minimum Gasteiger partial charge on any atom is -0.444 e. The van der Waals surface area contributed by atoms with E-state index in [-0.39, 0.29) is 23.8 Å². The number of hydrogen-bond donors (Lipinski definition) is 2. The first-order chi connectivity index (χ1) is 10.6. The molecule has 5 nitrogen and oxygen atoms in total. The van der Waals surface area contributed by atoms with Crippen LogP contribution in [0.4, 0.5) is 9.18 Å². The van der Waals surface area contributed by atoms with Gasteiger partial charge < -0.3 is 15.4 Å². The van der Waals surface area contributed by atoms with E-state index in [0.29, 0.717) is 6.54 Å². The molecule has 0 radical (unpaired) electrons. The third-order valence-corrected chi connectivity index (χ3v) is 3.38. The van der Waals surface area contributed by atoms with Crippen LogP contribution in [-0.2, 0) is 4.74 Å². The molecule has 0 spiro atoms. The number of pyridine rings is 1. The minimum absolute atomic E-state index is 0.0695. The molecule has 0 saturated heterocycles. The fourth-order valence-electron chi connectivity index (χ4n) is 2.00. The van der Waals surface area contributed by atoms with Gasteiger partial charge in [-0.05, 0) is 45.2 Å². The zero-order valence-corrected chi connectivity index (χ0v) is 14.8. The third-order valence-electron chi connectivity index (χ3n) is 3.38. The smallest absolute Gasteiger partial charge is 0.407 e. The highest BCUT2D eigenvalue weighted by Crippen LogP contribution is 2.13. The van der Waals surface area contributed by atoms with Crippen molar-refractivity contribution in [2.24, 2.45) is 5.92 Å². The van der Waals surface area contributed by atoms with E-state index in [1.54, 1.807) is 6.20 Å². The lowest BCUT2D eigenvalue weighted by Gasteiger charge is -2.27. The molecule has 1 heterocycles. The SMILES string of the molecule is CC(NCC(NC(=O)OC(C)(C)C)C(C)C)c1cncc(F)c1. The highest BCUT2D eigenvalue weighted by molar-refractivity contribution is 5.68. The molecule has 1 rings (SSSR count). The molecule has 0 aliphatic carbocycles. The van der Waals surface area contributed by atoms with E-state index in [0.717, 1.165) is 5.56 Å². The number of nitrogens with zero attached hydrogens (tertiary/aromatic N) is 1. The van der Waals surface area contributed by atoms with Crippen molar-refractivity contribution in [2.75, 3.05) is 6.54 Å². The predicted molar refractivity (Wildman–Crippen MR) is 88.6 cm³/mol. The van der Waals surface area contributed by atoms with Gasteiger partial charge in [0.15, 0.2) is 0 Å². The van der Waals surface area contributed by atoms with Crippen molar-refractivity contribution in [2.45, 2.75) is 59.2 Å². The van der Waals surface area contributed by atoms with E-state index >= 15 is 0 Å². The van der Waals surface area contributed by atoms with E-state index in [4.69, 9.17) is 4.74 Å². The number of amides is 1. The maximum atomic E-state index is 13.2. The Morgan fingerprint density at radius 2 is 1.96 bits per heavy atom. The van der Waals surface area contributed by atoms with E-state index in [9.17, 15) is 9.18 Å². The Kier molecular flexibility index (Phi) is 6.94. The van der Waals surface area contributed by atoms with Crippen LogP contribution in [0, 0.1) is 11.7 Å². The lowest BCUT2D eigenvalue weighted by atomic mass is 10.0. The van der Waals surface area contributed by atoms with Gasteiger partial charge in [0.1, 0.15) is 11.4 Å². The second-order valence-electron chi connectivity index (χ2n) is 7.06. The predicted octanol–water partition coefficient (Wildman–Crippen LogP) is 3.42. The molecule has 0 aromatic carbocycles. The van der Waals surface area contributed by atoms with Gasteiger partial charge in [0.25, 0.3) is 0 Å². The summed E-state index contributed by atoms with van der Waals surface area (Å²) in [5, 5.41) is 6.18. The first-order valence-corrected chi connectivity index (χ1v) is 7.92. The molecule has 0 saturated carbocycles. The number of aromatic nitrogens is 1. The van der Waals surface area contributed by atoms with Gasteiger partial charge in [-0.15, -0.1) is 0 Å². The standard InChI is InChI=1S/C17H28FN3O2/c1-11(2)15(21-16(22)23-17(4,5)6)10-20-12(3)13-7-14(18)9-19-8-13/h7-9,11-12,15,20H,10H2,1-6H3,(H,21,22). The van der Waals surface area contributed by atoms with Crippen molar-refractivity contribution in [1.29, 1.82) is 0 Å². The van der Waals surface area contributed by atoms with E-state index in [1.165, 1.54) is 12.3 Å². The highest BCUT2D eigenvalue weighted by Gasteiger charge is 2.22. The van der Waals surface area contributed by atoms with Gasteiger partial charge in [-0.2, -0.15) is 0 Å². The molecule has 1 aromatic rings. The molecule has 1 aromatic heterocycles. The van der Waals surface area contributed by atoms with Crippen LogP contribution in [0.5, 0.6) is 0 Å². The van der Waals surface area contributed by atoms with Gasteiger partial charge >= 0.3 is 6.09 Å². The molecule has 130 valence electrons. The zero-order chi connectivity index (χ0) is 17.6. The summed E-state index contributed by atoms with van der Waals surface area (Å²) in [5.74, 6) is -0.128. The Balaban J connectivity index is 2.58. The lowest BCUT2D eigenvalue weighted by molar-refractivity contribution is 0.0489. The maximum absolute atomic E-state index is 13.2. The molecular weight excluding hydrogens is 297 g/mol. The molecule has 0 fully saturated rings. The Bertz CT molecular complexity index is 515. The molecule has 2 atom stereocenters. The van der Waals surface area contributed by atoms with Crippen molar-refractivity contribution in [3.63, 3.8) is 0 Å². The summed E-state index contributed by atoms with van der Waals surface area (Å²) in [4.78, 5) is 15.8. The maximum Gasteiger partial charge on any atom is 0.407 e. The van der Waals surface area contributed by atoms with Crippen LogP contribution in [-0.4, -0.2) is 29.3 Å². The molecular formula is C17H28FN3O2. The van der Waals surface area contributed by atoms with Crippen molar-refractivity contribution in [3.05, 3.63) is 29.8 Å². The van der Waals surface area contributed by atoms with Crippen molar-refractivity contribution >= 4 is 6.09 Å². The van der Waals surface area contributed by atoms with Crippen LogP contribution < -0.4 is 10.6 Å². The first kappa shape index (κ1) is 19.4. The van der Waals surface area contributed by atoms with E-state index in [1.807, 2.05) is 41.5 Å². The Labute approximate surface area is 138 Å². The first-order valence-electron chi connectivity index (χ1n) is 7.92. The zero-order valence-electron chi connectivity index (χ0n) is 14.8. The van der Waals surface area contributed by atoms with Crippen LogP contribution in [0.2, 0.25) is 0 Å². The summed E-state index contributed by atoms with van der Waals surface area (Å²) >= 11 is 0. The number of alkyl carbamates (subject to hydrolysis) is 1. The van der Waals surface area contributed by atoms with Gasteiger partial charge in [0.05, 0.1) is 6.20 Å². The molecule has 23 heavy (non-hydrogen) atoms. The van der Waals surface area contributed by atoms with E-state index in [2.05, 4.69) is 15.6 Å². The molecule has 0 aliphatic heterocycles. The number of nitrogens with one attached hydrogen (secondary N) is 2. The number of hydrogen-bond acceptors (Lipinski definition) is 4. The van der Waals surface area contributed by atoms with Gasteiger partial charge in [0, 0.05) is 24.8 Å². The van der Waals surface area contributed by atoms with Crippen LogP contribution in [0.3, 0.4) is 0 Å². The quantitative estimate of drug-likeness (QED) is 0.841. The summed E-state index contributed by atoms with van der Waals surface area (Å²) < 4.78 is 18.5. The summed E-state index contributed by atoms with van der Waals surface area (Å²) in [6.45, 7) is 12.0. The van der Waals surface area contributed by atoms with Gasteiger partial charge in [-0.3, -0.25) is 4.98 Å². The van der Waals surface area contributed by atoms with Crippen LogP contribution >= 0.6 is 0 Å². The summed E-state index contributed by atoms with van der Waals surface area (Å²) in [6.07, 6.45) is 2.38. The second kappa shape index (κ2) is 8.24. The summed E-state index contributed by atoms with van der Waals surface area (Å²) in [5.41, 5.74) is 0.240. The molecule has 0 aliphatic rings. The average Bonchev–Trinajstić information content (AvgIpc) is 2.40. The number of halogens is 1. The van der Waals surface area contributed by atoms with Crippen LogP contribution in [0.15, 0.2) is 18.5 Å². The Morgan fingerprint density at radius 1 is 1.30 bits per heavy atom. The second-order valence-corrected chi connectivity index (χ2v) is 7.06. The highest BCUT2D eigenvalue weighted by atomic mass is 19.1. The molecule has 1 amide bonds. The summed E-state index contributed by atoms with van der Waals surface area (Å²) in [6, 6.07) is 1.30. The molecule has 0 bridgehead atoms. The summed E-state index contributed by atoms with van der Waals surface area (Å²) in [7, 11) is 0. The number of carbonyl (C=O) groups is 1. The molecule has 2 unspecified atom stereocenters. The monoisotopic (exact) mass is 325 g/mol.